The maximum absolute atomic E-state index is 6.50. The Morgan fingerprint density at radius 2 is 1.89 bits per heavy atom. The summed E-state index contributed by atoms with van der Waals surface area (Å²) in [7, 11) is 1.66. The molecular formula is C27H30N4O5. The van der Waals surface area contributed by atoms with E-state index in [9.17, 15) is 0 Å². The third-order valence-corrected chi connectivity index (χ3v) is 6.75. The number of rotatable bonds is 7. The van der Waals surface area contributed by atoms with Crippen molar-refractivity contribution in [3.05, 3.63) is 60.3 Å². The molecule has 0 bridgehead atoms. The van der Waals surface area contributed by atoms with Gasteiger partial charge in [0.2, 0.25) is 0 Å². The second kappa shape index (κ2) is 9.08. The van der Waals surface area contributed by atoms with E-state index in [1.807, 2.05) is 61.0 Å². The Morgan fingerprint density at radius 3 is 2.72 bits per heavy atom. The van der Waals surface area contributed by atoms with E-state index in [1.54, 1.807) is 13.4 Å². The zero-order chi connectivity index (χ0) is 24.9. The Kier molecular flexibility index (Phi) is 5.88. The van der Waals surface area contributed by atoms with Gasteiger partial charge in [0.25, 0.3) is 0 Å². The number of aromatic nitrogens is 4. The molecule has 36 heavy (non-hydrogen) atoms. The van der Waals surface area contributed by atoms with E-state index in [0.717, 1.165) is 45.5 Å². The largest absolute Gasteiger partial charge is 0.491 e. The topological polar surface area (TPSA) is 89.8 Å². The van der Waals surface area contributed by atoms with E-state index in [0.29, 0.717) is 13.2 Å². The van der Waals surface area contributed by atoms with Crippen LogP contribution in [-0.2, 0) is 32.0 Å². The van der Waals surface area contributed by atoms with Crippen molar-refractivity contribution in [1.29, 1.82) is 0 Å². The zero-order valence-corrected chi connectivity index (χ0v) is 20.9. The molecule has 0 saturated carbocycles. The van der Waals surface area contributed by atoms with Crippen molar-refractivity contribution in [3.8, 4) is 5.75 Å². The first-order chi connectivity index (χ1) is 17.5. The summed E-state index contributed by atoms with van der Waals surface area (Å²) in [6, 6.07) is 11.9. The molecule has 6 rings (SSSR count). The Bertz CT molecular complexity index is 1400. The van der Waals surface area contributed by atoms with Crippen LogP contribution < -0.4 is 4.74 Å². The summed E-state index contributed by atoms with van der Waals surface area (Å²) in [4.78, 5) is 13.6. The maximum Gasteiger partial charge on any atom is 0.164 e. The van der Waals surface area contributed by atoms with Crippen molar-refractivity contribution in [2.45, 2.75) is 64.1 Å². The van der Waals surface area contributed by atoms with Gasteiger partial charge in [-0.3, -0.25) is 4.98 Å². The van der Waals surface area contributed by atoms with Crippen LogP contribution in [0.2, 0.25) is 0 Å². The van der Waals surface area contributed by atoms with Gasteiger partial charge in [0.1, 0.15) is 42.6 Å². The monoisotopic (exact) mass is 490 g/mol. The lowest BCUT2D eigenvalue weighted by Crippen LogP contribution is -2.33. The number of pyridine rings is 1. The fourth-order valence-electron chi connectivity index (χ4n) is 5.16. The summed E-state index contributed by atoms with van der Waals surface area (Å²) < 4.78 is 32.5. The minimum atomic E-state index is -0.716. The molecule has 9 nitrogen and oxygen atoms in total. The average molecular weight is 491 g/mol. The second-order valence-corrected chi connectivity index (χ2v) is 9.67. The molecule has 1 aromatic carbocycles. The number of methoxy groups -OCH3 is 1. The van der Waals surface area contributed by atoms with Crippen LogP contribution >= 0.6 is 0 Å². The van der Waals surface area contributed by atoms with Gasteiger partial charge in [0, 0.05) is 30.1 Å². The van der Waals surface area contributed by atoms with E-state index >= 15 is 0 Å². The summed E-state index contributed by atoms with van der Waals surface area (Å²) in [5, 5.41) is 2.07. The fourth-order valence-corrected chi connectivity index (χ4v) is 5.16. The number of benzene rings is 1. The highest BCUT2D eigenvalue weighted by Crippen LogP contribution is 2.44. The van der Waals surface area contributed by atoms with Crippen molar-refractivity contribution < 1.29 is 23.7 Å². The van der Waals surface area contributed by atoms with E-state index in [4.69, 9.17) is 23.7 Å². The molecule has 0 unspecified atom stereocenters. The SMILES string of the molecule is CCc1ncnc2c1ccn2[C@@H]1O[C@H](COc2ccc3ccc(COC)nc3c2)[C@H]2OC(C)(C)O[C@H]21. The third-order valence-electron chi connectivity index (χ3n) is 6.75. The summed E-state index contributed by atoms with van der Waals surface area (Å²) in [5.74, 6) is 0.00492. The summed E-state index contributed by atoms with van der Waals surface area (Å²) in [6.07, 6.45) is 3.14. The Hall–Kier alpha value is -3.11. The predicted octanol–water partition coefficient (Wildman–Crippen LogP) is 4.18. The Balaban J connectivity index is 1.25. The van der Waals surface area contributed by atoms with Crippen molar-refractivity contribution in [2.24, 2.45) is 0 Å². The number of fused-ring (bicyclic) bond motifs is 3. The van der Waals surface area contributed by atoms with Gasteiger partial charge in [-0.15, -0.1) is 0 Å². The minimum absolute atomic E-state index is 0.276. The van der Waals surface area contributed by atoms with E-state index in [1.165, 1.54) is 0 Å². The fraction of sp³-hybridized carbons (Fsp3) is 0.444. The molecule has 0 radical (unpaired) electrons. The lowest BCUT2D eigenvalue weighted by molar-refractivity contribution is -0.198. The van der Waals surface area contributed by atoms with Gasteiger partial charge in [0.15, 0.2) is 12.0 Å². The molecule has 2 aliphatic rings. The Morgan fingerprint density at radius 1 is 1.06 bits per heavy atom. The number of ether oxygens (including phenoxy) is 5. The van der Waals surface area contributed by atoms with Crippen molar-refractivity contribution in [2.75, 3.05) is 13.7 Å². The van der Waals surface area contributed by atoms with Crippen LogP contribution in [0.25, 0.3) is 21.9 Å². The summed E-state index contributed by atoms with van der Waals surface area (Å²) in [5.41, 5.74) is 3.57. The molecule has 9 heteroatoms. The lowest BCUT2D eigenvalue weighted by atomic mass is 10.1. The van der Waals surface area contributed by atoms with E-state index < -0.39 is 12.0 Å². The van der Waals surface area contributed by atoms with Crippen LogP contribution in [0.3, 0.4) is 0 Å². The highest BCUT2D eigenvalue weighted by Gasteiger charge is 2.56. The molecule has 2 aliphatic heterocycles. The maximum atomic E-state index is 6.50. The third kappa shape index (κ3) is 4.12. The molecular weight excluding hydrogens is 460 g/mol. The van der Waals surface area contributed by atoms with Gasteiger partial charge in [0.05, 0.1) is 23.5 Å². The first-order valence-corrected chi connectivity index (χ1v) is 12.3. The highest BCUT2D eigenvalue weighted by atomic mass is 16.8. The molecule has 188 valence electrons. The van der Waals surface area contributed by atoms with Crippen LogP contribution in [0.15, 0.2) is 48.9 Å². The van der Waals surface area contributed by atoms with Crippen LogP contribution in [0, 0.1) is 0 Å². The second-order valence-electron chi connectivity index (χ2n) is 9.67. The molecule has 0 aliphatic carbocycles. The van der Waals surface area contributed by atoms with Gasteiger partial charge in [-0.05, 0) is 44.5 Å². The lowest BCUT2D eigenvalue weighted by Gasteiger charge is -2.25. The molecule has 2 fully saturated rings. The van der Waals surface area contributed by atoms with Crippen molar-refractivity contribution in [3.63, 3.8) is 0 Å². The van der Waals surface area contributed by atoms with Crippen LogP contribution in [0.1, 0.15) is 38.4 Å². The molecule has 0 spiro atoms. The zero-order valence-electron chi connectivity index (χ0n) is 20.9. The summed E-state index contributed by atoms with van der Waals surface area (Å²) in [6.45, 7) is 6.73. The van der Waals surface area contributed by atoms with Gasteiger partial charge >= 0.3 is 0 Å². The van der Waals surface area contributed by atoms with E-state index in [2.05, 4.69) is 21.9 Å². The van der Waals surface area contributed by atoms with Crippen LogP contribution in [0.5, 0.6) is 5.75 Å². The standard InChI is InChI=1S/C27H30N4O5/c1-5-20-19-10-11-31(25(19)29-15-28-20)26-24-23(35-27(2,3)36-24)22(34-26)14-33-18-9-7-16-6-8-17(13-32-4)30-21(16)12-18/h6-12,15,22-24,26H,5,13-14H2,1-4H3/t22-,23-,24-,26-/m1/s1. The highest BCUT2D eigenvalue weighted by molar-refractivity contribution is 5.80. The number of aryl methyl sites for hydroxylation is 1. The van der Waals surface area contributed by atoms with Gasteiger partial charge in [-0.1, -0.05) is 13.0 Å². The molecule has 5 heterocycles. The van der Waals surface area contributed by atoms with Gasteiger partial charge in [-0.2, -0.15) is 0 Å². The minimum Gasteiger partial charge on any atom is -0.491 e. The normalized spacial score (nSPS) is 25.0. The van der Waals surface area contributed by atoms with Gasteiger partial charge in [-0.25, -0.2) is 9.97 Å². The smallest absolute Gasteiger partial charge is 0.164 e. The quantitative estimate of drug-likeness (QED) is 0.381. The first-order valence-electron chi connectivity index (χ1n) is 12.3. The first kappa shape index (κ1) is 23.3. The van der Waals surface area contributed by atoms with E-state index in [-0.39, 0.29) is 18.3 Å². The number of hydrogen-bond acceptors (Lipinski definition) is 8. The Labute approximate surface area is 209 Å². The van der Waals surface area contributed by atoms with Crippen molar-refractivity contribution >= 4 is 21.9 Å². The van der Waals surface area contributed by atoms with Gasteiger partial charge < -0.3 is 28.3 Å². The summed E-state index contributed by atoms with van der Waals surface area (Å²) >= 11 is 0. The molecule has 3 aromatic heterocycles. The molecule has 4 atom stereocenters. The molecule has 0 amide bonds. The number of nitrogens with zero attached hydrogens (tertiary/aromatic N) is 4. The van der Waals surface area contributed by atoms with Crippen LogP contribution in [0.4, 0.5) is 0 Å². The van der Waals surface area contributed by atoms with Crippen molar-refractivity contribution in [1.82, 2.24) is 19.5 Å². The molecule has 0 N–H and O–H groups in total. The average Bonchev–Trinajstić information content (AvgIpc) is 3.53. The predicted molar refractivity (Wildman–Crippen MR) is 133 cm³/mol. The molecule has 4 aromatic rings. The number of hydrogen-bond donors (Lipinski definition) is 0. The van der Waals surface area contributed by atoms with Crippen LogP contribution in [-0.4, -0.2) is 57.3 Å². The molecule has 2 saturated heterocycles.